The Labute approximate surface area is 141 Å². The fraction of sp³-hybridized carbons (Fsp3) is 0.647. The minimum atomic E-state index is -0.506. The van der Waals surface area contributed by atoms with Gasteiger partial charge in [0, 0.05) is 45.0 Å². The number of hydroxylamine groups is 1. The standard InChI is InChI=1S/C17H24N4O3/c1-20-10-17(11-20)7-14(3-5-24-17)21-4-2-12-6-13(16(22)19-23)8-18-15(12)9-21/h6,8,14,23H,2-5,7,9-11H2,1H3,(H,19,22)/t14-/m1/s1. The number of carbonyl (C=O) groups excluding carboxylic acids is 1. The maximum absolute atomic E-state index is 11.5. The molecule has 1 aromatic rings. The average molecular weight is 332 g/mol. The number of nitrogens with one attached hydrogen (secondary N) is 1. The number of nitrogens with zero attached hydrogens (tertiary/aromatic N) is 3. The molecular formula is C17H24N4O3. The van der Waals surface area contributed by atoms with Crippen molar-refractivity contribution in [2.45, 2.75) is 37.5 Å². The number of pyridine rings is 1. The van der Waals surface area contributed by atoms with E-state index in [0.29, 0.717) is 11.6 Å². The van der Waals surface area contributed by atoms with Gasteiger partial charge in [-0.1, -0.05) is 0 Å². The predicted molar refractivity (Wildman–Crippen MR) is 86.8 cm³/mol. The van der Waals surface area contributed by atoms with E-state index >= 15 is 0 Å². The molecule has 3 aliphatic rings. The van der Waals surface area contributed by atoms with Crippen molar-refractivity contribution in [1.29, 1.82) is 0 Å². The number of aromatic nitrogens is 1. The lowest BCUT2D eigenvalue weighted by molar-refractivity contribution is -0.176. The van der Waals surface area contributed by atoms with Crippen LogP contribution in [0.3, 0.4) is 0 Å². The number of rotatable bonds is 2. The van der Waals surface area contributed by atoms with Crippen LogP contribution >= 0.6 is 0 Å². The van der Waals surface area contributed by atoms with E-state index < -0.39 is 5.91 Å². The molecule has 4 rings (SSSR count). The molecule has 24 heavy (non-hydrogen) atoms. The van der Waals surface area contributed by atoms with Crippen molar-refractivity contribution in [1.82, 2.24) is 20.3 Å². The first-order valence-electron chi connectivity index (χ1n) is 8.57. The third-order valence-electron chi connectivity index (χ3n) is 5.54. The zero-order valence-corrected chi connectivity index (χ0v) is 14.0. The fourth-order valence-electron chi connectivity index (χ4n) is 4.40. The van der Waals surface area contributed by atoms with Gasteiger partial charge in [0.1, 0.15) is 0 Å². The van der Waals surface area contributed by atoms with Crippen LogP contribution in [-0.4, -0.2) is 70.8 Å². The SMILES string of the molecule is CN1CC2(C[C@H](N3CCc4cc(C(=O)NO)cnc4C3)CCO2)C1. The van der Waals surface area contributed by atoms with E-state index in [9.17, 15) is 4.79 Å². The van der Waals surface area contributed by atoms with Crippen molar-refractivity contribution in [3.8, 4) is 0 Å². The Balaban J connectivity index is 1.45. The Kier molecular flexibility index (Phi) is 4.04. The minimum Gasteiger partial charge on any atom is -0.372 e. The normalized spacial score (nSPS) is 26.7. The lowest BCUT2D eigenvalue weighted by Gasteiger charge is -2.53. The lowest BCUT2D eigenvalue weighted by Crippen LogP contribution is -2.66. The summed E-state index contributed by atoms with van der Waals surface area (Å²) < 4.78 is 6.06. The molecule has 0 aliphatic carbocycles. The Morgan fingerprint density at radius 1 is 1.50 bits per heavy atom. The fourth-order valence-corrected chi connectivity index (χ4v) is 4.40. The van der Waals surface area contributed by atoms with Gasteiger partial charge in [0.2, 0.25) is 0 Å². The highest BCUT2D eigenvalue weighted by molar-refractivity contribution is 5.93. The molecule has 0 saturated carbocycles. The summed E-state index contributed by atoms with van der Waals surface area (Å²) in [6.45, 7) is 4.71. The van der Waals surface area contributed by atoms with Gasteiger partial charge in [0.15, 0.2) is 0 Å². The van der Waals surface area contributed by atoms with E-state index in [1.54, 1.807) is 11.7 Å². The van der Waals surface area contributed by atoms with Gasteiger partial charge in [-0.15, -0.1) is 0 Å². The molecule has 0 radical (unpaired) electrons. The smallest absolute Gasteiger partial charge is 0.276 e. The Morgan fingerprint density at radius 3 is 3.08 bits per heavy atom. The first kappa shape index (κ1) is 16.0. The summed E-state index contributed by atoms with van der Waals surface area (Å²) in [5.74, 6) is -0.506. The number of fused-ring (bicyclic) bond motifs is 1. The summed E-state index contributed by atoms with van der Waals surface area (Å²) in [5.41, 5.74) is 4.29. The molecule has 130 valence electrons. The molecule has 7 heteroatoms. The topological polar surface area (TPSA) is 77.9 Å². The molecule has 1 aromatic heterocycles. The maximum atomic E-state index is 11.5. The summed E-state index contributed by atoms with van der Waals surface area (Å²) in [6, 6.07) is 2.39. The molecule has 2 saturated heterocycles. The quantitative estimate of drug-likeness (QED) is 0.604. The van der Waals surface area contributed by atoms with E-state index in [0.717, 1.165) is 63.3 Å². The molecule has 0 bridgehead atoms. The van der Waals surface area contributed by atoms with Gasteiger partial charge in [-0.25, -0.2) is 5.48 Å². The molecule has 4 heterocycles. The number of hydrogen-bond donors (Lipinski definition) is 2. The van der Waals surface area contributed by atoms with E-state index in [2.05, 4.69) is 21.8 Å². The zero-order chi connectivity index (χ0) is 16.7. The van der Waals surface area contributed by atoms with Crippen LogP contribution in [0.2, 0.25) is 0 Å². The first-order valence-corrected chi connectivity index (χ1v) is 8.57. The Hall–Kier alpha value is -1.54. The van der Waals surface area contributed by atoms with E-state index in [4.69, 9.17) is 9.94 Å². The maximum Gasteiger partial charge on any atom is 0.276 e. The third kappa shape index (κ3) is 2.82. The summed E-state index contributed by atoms with van der Waals surface area (Å²) >= 11 is 0. The van der Waals surface area contributed by atoms with Gasteiger partial charge in [-0.3, -0.25) is 19.9 Å². The van der Waals surface area contributed by atoms with Gasteiger partial charge in [-0.05, 0) is 37.9 Å². The highest BCUT2D eigenvalue weighted by Gasteiger charge is 2.47. The number of carbonyl (C=O) groups is 1. The van der Waals surface area contributed by atoms with E-state index in [1.165, 1.54) is 0 Å². The monoisotopic (exact) mass is 332 g/mol. The molecule has 1 atom stereocenters. The van der Waals surface area contributed by atoms with E-state index in [-0.39, 0.29) is 5.60 Å². The van der Waals surface area contributed by atoms with Crippen LogP contribution in [-0.2, 0) is 17.7 Å². The Bertz CT molecular complexity index is 639. The number of hydrogen-bond acceptors (Lipinski definition) is 6. The molecule has 3 aliphatic heterocycles. The summed E-state index contributed by atoms with van der Waals surface area (Å²) in [5, 5.41) is 8.75. The minimum absolute atomic E-state index is 0.0639. The van der Waals surface area contributed by atoms with Crippen LogP contribution in [0.5, 0.6) is 0 Å². The van der Waals surface area contributed by atoms with Crippen LogP contribution in [0.1, 0.15) is 34.5 Å². The summed E-state index contributed by atoms with van der Waals surface area (Å²) in [4.78, 5) is 20.8. The highest BCUT2D eigenvalue weighted by atomic mass is 16.5. The molecule has 1 spiro atoms. The van der Waals surface area contributed by atoms with Crippen molar-refractivity contribution >= 4 is 5.91 Å². The van der Waals surface area contributed by atoms with Gasteiger partial charge in [0.05, 0.1) is 16.9 Å². The van der Waals surface area contributed by atoms with Gasteiger partial charge < -0.3 is 9.64 Å². The van der Waals surface area contributed by atoms with Crippen LogP contribution < -0.4 is 5.48 Å². The zero-order valence-electron chi connectivity index (χ0n) is 14.0. The van der Waals surface area contributed by atoms with Crippen molar-refractivity contribution < 1.29 is 14.7 Å². The summed E-state index contributed by atoms with van der Waals surface area (Å²) in [7, 11) is 2.14. The second-order valence-electron chi connectivity index (χ2n) is 7.34. The van der Waals surface area contributed by atoms with Gasteiger partial charge in [0.25, 0.3) is 5.91 Å². The molecule has 2 N–H and O–H groups in total. The van der Waals surface area contributed by atoms with Crippen LogP contribution in [0.4, 0.5) is 0 Å². The highest BCUT2D eigenvalue weighted by Crippen LogP contribution is 2.36. The summed E-state index contributed by atoms with van der Waals surface area (Å²) in [6.07, 6.45) is 4.60. The third-order valence-corrected chi connectivity index (χ3v) is 5.54. The number of likely N-dealkylation sites (tertiary alicyclic amines) is 1. The number of likely N-dealkylation sites (N-methyl/N-ethyl adjacent to an activating group) is 1. The van der Waals surface area contributed by atoms with Crippen LogP contribution in [0.15, 0.2) is 12.3 Å². The van der Waals surface area contributed by atoms with E-state index in [1.807, 2.05) is 6.07 Å². The molecule has 0 aromatic carbocycles. The molecule has 0 unspecified atom stereocenters. The lowest BCUT2D eigenvalue weighted by atomic mass is 9.83. The largest absolute Gasteiger partial charge is 0.372 e. The van der Waals surface area contributed by atoms with Crippen molar-refractivity contribution in [3.05, 3.63) is 29.1 Å². The predicted octanol–water partition coefficient (Wildman–Crippen LogP) is 0.422. The molecule has 2 fully saturated rings. The van der Waals surface area contributed by atoms with Gasteiger partial charge in [-0.2, -0.15) is 0 Å². The molecule has 7 nitrogen and oxygen atoms in total. The van der Waals surface area contributed by atoms with Crippen molar-refractivity contribution in [2.75, 3.05) is 33.3 Å². The van der Waals surface area contributed by atoms with Crippen molar-refractivity contribution in [3.63, 3.8) is 0 Å². The number of ether oxygens (including phenoxy) is 1. The average Bonchev–Trinajstić information content (AvgIpc) is 2.59. The van der Waals surface area contributed by atoms with Gasteiger partial charge >= 0.3 is 0 Å². The first-order chi connectivity index (χ1) is 11.6. The Morgan fingerprint density at radius 2 is 2.33 bits per heavy atom. The van der Waals surface area contributed by atoms with Crippen molar-refractivity contribution in [2.24, 2.45) is 0 Å². The van der Waals surface area contributed by atoms with Crippen LogP contribution in [0, 0.1) is 0 Å². The number of amides is 1. The molecular weight excluding hydrogens is 308 g/mol. The molecule has 1 amide bonds. The van der Waals surface area contributed by atoms with Crippen LogP contribution in [0.25, 0.3) is 0 Å². The second kappa shape index (κ2) is 6.07. The second-order valence-corrected chi connectivity index (χ2v) is 7.34.